The standard InChI is InChI=1S/C22H25FN2O4/c1-4-24(5-2)12-13-25-19(17-11-6-14(3)29-17)18(21(27)22(25)28)20(26)15-7-9-16(23)10-8-15/h6-11,19,26H,4-5,12-13H2,1-3H3/b20-18+/t19-/m1/s1. The van der Waals surface area contributed by atoms with Crippen LogP contribution in [0.25, 0.3) is 5.76 Å². The Hall–Kier alpha value is -2.93. The number of hydrogen-bond acceptors (Lipinski definition) is 5. The quantitative estimate of drug-likeness (QED) is 0.438. The first-order valence-electron chi connectivity index (χ1n) is 9.70. The van der Waals surface area contributed by atoms with Crippen molar-refractivity contribution in [1.82, 2.24) is 9.80 Å². The third-order valence-electron chi connectivity index (χ3n) is 5.24. The molecule has 2 heterocycles. The molecule has 7 heteroatoms. The number of aliphatic hydroxyl groups is 1. The van der Waals surface area contributed by atoms with Gasteiger partial charge in [-0.3, -0.25) is 9.59 Å². The number of likely N-dealkylation sites (tertiary alicyclic amines) is 1. The fraction of sp³-hybridized carbons (Fsp3) is 0.364. The van der Waals surface area contributed by atoms with E-state index < -0.39 is 23.5 Å². The van der Waals surface area contributed by atoms with Crippen molar-refractivity contribution in [1.29, 1.82) is 0 Å². The summed E-state index contributed by atoms with van der Waals surface area (Å²) in [4.78, 5) is 29.2. The summed E-state index contributed by atoms with van der Waals surface area (Å²) in [5, 5.41) is 10.8. The zero-order chi connectivity index (χ0) is 21.1. The largest absolute Gasteiger partial charge is 0.507 e. The Balaban J connectivity index is 2.06. The Morgan fingerprint density at radius 2 is 1.79 bits per heavy atom. The van der Waals surface area contributed by atoms with Crippen LogP contribution in [0.4, 0.5) is 4.39 Å². The molecule has 1 aliphatic rings. The Morgan fingerprint density at radius 3 is 2.34 bits per heavy atom. The molecule has 6 nitrogen and oxygen atoms in total. The molecule has 1 N–H and O–H groups in total. The molecule has 1 aromatic heterocycles. The Labute approximate surface area is 169 Å². The van der Waals surface area contributed by atoms with E-state index in [-0.39, 0.29) is 16.9 Å². The van der Waals surface area contributed by atoms with Crippen molar-refractivity contribution in [2.24, 2.45) is 0 Å². The van der Waals surface area contributed by atoms with Crippen LogP contribution in [0.15, 0.2) is 46.4 Å². The molecule has 0 bridgehead atoms. The van der Waals surface area contributed by atoms with Crippen LogP contribution >= 0.6 is 0 Å². The van der Waals surface area contributed by atoms with Gasteiger partial charge in [-0.2, -0.15) is 0 Å². The van der Waals surface area contributed by atoms with Gasteiger partial charge in [0.05, 0.1) is 5.57 Å². The van der Waals surface area contributed by atoms with Gasteiger partial charge in [-0.15, -0.1) is 0 Å². The minimum atomic E-state index is -0.829. The van der Waals surface area contributed by atoms with Crippen molar-refractivity contribution in [3.05, 3.63) is 64.9 Å². The van der Waals surface area contributed by atoms with E-state index >= 15 is 0 Å². The van der Waals surface area contributed by atoms with E-state index in [1.165, 1.54) is 29.2 Å². The molecule has 2 aromatic rings. The predicted molar refractivity (Wildman–Crippen MR) is 107 cm³/mol. The molecule has 154 valence electrons. The number of Topliss-reactive ketones (excluding diaryl/α,β-unsaturated/α-hetero) is 1. The highest BCUT2D eigenvalue weighted by atomic mass is 19.1. The highest BCUT2D eigenvalue weighted by Gasteiger charge is 2.47. The monoisotopic (exact) mass is 400 g/mol. The predicted octanol–water partition coefficient (Wildman–Crippen LogP) is 3.49. The molecule has 1 aliphatic heterocycles. The number of carbonyl (C=O) groups excluding carboxylic acids is 2. The van der Waals surface area contributed by atoms with Crippen molar-refractivity contribution < 1.29 is 23.5 Å². The average Bonchev–Trinajstić information content (AvgIpc) is 3.24. The first-order valence-corrected chi connectivity index (χ1v) is 9.70. The number of aliphatic hydroxyl groups excluding tert-OH is 1. The van der Waals surface area contributed by atoms with E-state index in [2.05, 4.69) is 4.90 Å². The summed E-state index contributed by atoms with van der Waals surface area (Å²) in [6.07, 6.45) is 0. The van der Waals surface area contributed by atoms with Crippen LogP contribution in [0.2, 0.25) is 0 Å². The van der Waals surface area contributed by atoms with Gasteiger partial charge in [-0.25, -0.2) is 4.39 Å². The molecule has 29 heavy (non-hydrogen) atoms. The molecule has 3 rings (SSSR count). The summed E-state index contributed by atoms with van der Waals surface area (Å²) in [6, 6.07) is 7.75. The number of amides is 1. The minimum absolute atomic E-state index is 0.0458. The molecule has 0 unspecified atom stereocenters. The molecule has 1 fully saturated rings. The van der Waals surface area contributed by atoms with Gasteiger partial charge in [0.1, 0.15) is 29.1 Å². The lowest BCUT2D eigenvalue weighted by Crippen LogP contribution is -2.37. The second-order valence-electron chi connectivity index (χ2n) is 6.97. The number of hydrogen-bond donors (Lipinski definition) is 1. The SMILES string of the molecule is CCN(CC)CCN1C(=O)C(=O)/C(=C(/O)c2ccc(F)cc2)[C@H]1c1ccc(C)o1. The van der Waals surface area contributed by atoms with Crippen LogP contribution in [0.1, 0.15) is 37.0 Å². The third kappa shape index (κ3) is 4.10. The molecular weight excluding hydrogens is 375 g/mol. The number of halogens is 1. The van der Waals surface area contributed by atoms with Crippen molar-refractivity contribution in [3.63, 3.8) is 0 Å². The zero-order valence-corrected chi connectivity index (χ0v) is 16.8. The minimum Gasteiger partial charge on any atom is -0.507 e. The second-order valence-corrected chi connectivity index (χ2v) is 6.97. The van der Waals surface area contributed by atoms with E-state index in [1.807, 2.05) is 13.8 Å². The number of aryl methyl sites for hydroxylation is 1. The second kappa shape index (κ2) is 8.61. The van der Waals surface area contributed by atoms with Crippen molar-refractivity contribution in [3.8, 4) is 0 Å². The normalized spacial score (nSPS) is 18.8. The fourth-order valence-corrected chi connectivity index (χ4v) is 3.56. The molecule has 1 atom stereocenters. The maximum Gasteiger partial charge on any atom is 0.295 e. The average molecular weight is 400 g/mol. The van der Waals surface area contributed by atoms with Gasteiger partial charge in [0.25, 0.3) is 11.7 Å². The number of rotatable bonds is 7. The van der Waals surface area contributed by atoms with Gasteiger partial charge >= 0.3 is 0 Å². The van der Waals surface area contributed by atoms with Crippen LogP contribution < -0.4 is 0 Å². The molecule has 0 radical (unpaired) electrons. The van der Waals surface area contributed by atoms with E-state index in [0.717, 1.165) is 13.1 Å². The van der Waals surface area contributed by atoms with Crippen LogP contribution in [0.3, 0.4) is 0 Å². The highest BCUT2D eigenvalue weighted by Crippen LogP contribution is 2.39. The number of ketones is 1. The molecule has 1 saturated heterocycles. The summed E-state index contributed by atoms with van der Waals surface area (Å²) in [6.45, 7) is 8.37. The molecule has 1 amide bonds. The van der Waals surface area contributed by atoms with Gasteiger partial charge in [-0.05, 0) is 56.4 Å². The number of furan rings is 1. The van der Waals surface area contributed by atoms with E-state index in [9.17, 15) is 19.1 Å². The molecule has 0 spiro atoms. The van der Waals surface area contributed by atoms with E-state index in [0.29, 0.717) is 24.6 Å². The number of carbonyl (C=O) groups is 2. The number of likely N-dealkylation sites (N-methyl/N-ethyl adjacent to an activating group) is 1. The van der Waals surface area contributed by atoms with E-state index in [4.69, 9.17) is 4.42 Å². The molecule has 0 saturated carbocycles. The fourth-order valence-electron chi connectivity index (χ4n) is 3.56. The Kier molecular flexibility index (Phi) is 6.17. The van der Waals surface area contributed by atoms with Crippen LogP contribution in [0, 0.1) is 12.7 Å². The van der Waals surface area contributed by atoms with E-state index in [1.54, 1.807) is 19.1 Å². The topological polar surface area (TPSA) is 74.0 Å². The smallest absolute Gasteiger partial charge is 0.295 e. The molecule has 0 aliphatic carbocycles. The van der Waals surface area contributed by atoms with Gasteiger partial charge in [0, 0.05) is 18.7 Å². The number of nitrogens with zero attached hydrogens (tertiary/aromatic N) is 2. The maximum atomic E-state index is 13.3. The summed E-state index contributed by atoms with van der Waals surface area (Å²) >= 11 is 0. The highest BCUT2D eigenvalue weighted by molar-refractivity contribution is 6.46. The van der Waals surface area contributed by atoms with Crippen molar-refractivity contribution in [2.75, 3.05) is 26.2 Å². The Morgan fingerprint density at radius 1 is 1.14 bits per heavy atom. The third-order valence-corrected chi connectivity index (χ3v) is 5.24. The van der Waals surface area contributed by atoms with Gasteiger partial charge in [0.15, 0.2) is 0 Å². The lowest BCUT2D eigenvalue weighted by molar-refractivity contribution is -0.140. The summed E-state index contributed by atoms with van der Waals surface area (Å²) in [7, 11) is 0. The van der Waals surface area contributed by atoms with Crippen LogP contribution in [-0.2, 0) is 9.59 Å². The summed E-state index contributed by atoms with van der Waals surface area (Å²) in [5.41, 5.74) is 0.219. The summed E-state index contributed by atoms with van der Waals surface area (Å²) in [5.74, 6) is -1.21. The van der Waals surface area contributed by atoms with Gasteiger partial charge in [0.2, 0.25) is 0 Å². The van der Waals surface area contributed by atoms with Crippen LogP contribution in [-0.4, -0.2) is 52.8 Å². The van der Waals surface area contributed by atoms with Crippen LogP contribution in [0.5, 0.6) is 0 Å². The zero-order valence-electron chi connectivity index (χ0n) is 16.8. The first-order chi connectivity index (χ1) is 13.9. The first kappa shape index (κ1) is 20.8. The van der Waals surface area contributed by atoms with Gasteiger partial charge < -0.3 is 19.3 Å². The summed E-state index contributed by atoms with van der Waals surface area (Å²) < 4.78 is 19.0. The van der Waals surface area contributed by atoms with Crippen molar-refractivity contribution >= 4 is 17.4 Å². The lowest BCUT2D eigenvalue weighted by Gasteiger charge is -2.26. The van der Waals surface area contributed by atoms with Crippen molar-refractivity contribution in [2.45, 2.75) is 26.8 Å². The van der Waals surface area contributed by atoms with Gasteiger partial charge in [-0.1, -0.05) is 13.8 Å². The molecule has 1 aromatic carbocycles. The molecular formula is C22H25FN2O4. The lowest BCUT2D eigenvalue weighted by atomic mass is 9.99. The number of benzene rings is 1. The Bertz CT molecular complexity index is 929. The maximum absolute atomic E-state index is 13.3.